The summed E-state index contributed by atoms with van der Waals surface area (Å²) >= 11 is 0. The standard InChI is InChI=1S/C14H23N3O/c1-3-9-16-14(15)17-10-12-5-7-13(8-6-12)11-18-4-2/h5-8H,3-4,9-11H2,1-2H3,(H3,15,16,17). The Morgan fingerprint density at radius 2 is 1.89 bits per heavy atom. The highest BCUT2D eigenvalue weighted by Crippen LogP contribution is 2.06. The van der Waals surface area contributed by atoms with E-state index < -0.39 is 0 Å². The topological polar surface area (TPSA) is 59.6 Å². The molecule has 0 amide bonds. The molecule has 0 aliphatic carbocycles. The van der Waals surface area contributed by atoms with E-state index in [0.717, 1.165) is 25.1 Å². The number of ether oxygens (including phenoxy) is 1. The molecule has 0 bridgehead atoms. The van der Waals surface area contributed by atoms with Crippen LogP contribution in [0.1, 0.15) is 31.4 Å². The first-order chi connectivity index (χ1) is 8.76. The fourth-order valence-electron chi connectivity index (χ4n) is 1.45. The maximum Gasteiger partial charge on any atom is 0.188 e. The van der Waals surface area contributed by atoms with Gasteiger partial charge >= 0.3 is 0 Å². The highest BCUT2D eigenvalue weighted by molar-refractivity contribution is 5.77. The number of hydrogen-bond donors (Lipinski definition) is 2. The molecule has 1 rings (SSSR count). The molecule has 0 aliphatic rings. The monoisotopic (exact) mass is 249 g/mol. The van der Waals surface area contributed by atoms with Crippen molar-refractivity contribution in [2.75, 3.05) is 13.2 Å². The molecule has 4 heteroatoms. The van der Waals surface area contributed by atoms with Crippen LogP contribution >= 0.6 is 0 Å². The van der Waals surface area contributed by atoms with Gasteiger partial charge in [-0.15, -0.1) is 0 Å². The second kappa shape index (κ2) is 8.53. The van der Waals surface area contributed by atoms with Crippen LogP contribution in [0.15, 0.2) is 29.3 Å². The van der Waals surface area contributed by atoms with Crippen molar-refractivity contribution in [3.05, 3.63) is 35.4 Å². The first-order valence-electron chi connectivity index (χ1n) is 6.45. The van der Waals surface area contributed by atoms with Gasteiger partial charge in [0.15, 0.2) is 5.96 Å². The lowest BCUT2D eigenvalue weighted by molar-refractivity contribution is 0.134. The van der Waals surface area contributed by atoms with Crippen LogP contribution in [0.2, 0.25) is 0 Å². The summed E-state index contributed by atoms with van der Waals surface area (Å²) in [5.41, 5.74) is 8.05. The molecule has 1 aromatic rings. The fraction of sp³-hybridized carbons (Fsp3) is 0.500. The van der Waals surface area contributed by atoms with E-state index >= 15 is 0 Å². The van der Waals surface area contributed by atoms with Crippen LogP contribution in [-0.4, -0.2) is 19.1 Å². The van der Waals surface area contributed by atoms with Gasteiger partial charge in [0, 0.05) is 13.2 Å². The second-order valence-corrected chi connectivity index (χ2v) is 4.08. The van der Waals surface area contributed by atoms with E-state index in [0.29, 0.717) is 19.1 Å². The molecule has 0 heterocycles. The number of guanidine groups is 1. The summed E-state index contributed by atoms with van der Waals surface area (Å²) in [6, 6.07) is 8.25. The highest BCUT2D eigenvalue weighted by Gasteiger charge is 1.95. The lowest BCUT2D eigenvalue weighted by atomic mass is 10.1. The van der Waals surface area contributed by atoms with Gasteiger partial charge in [-0.2, -0.15) is 0 Å². The Hall–Kier alpha value is -1.55. The molecule has 100 valence electrons. The van der Waals surface area contributed by atoms with Gasteiger partial charge in [-0.05, 0) is 24.5 Å². The van der Waals surface area contributed by atoms with E-state index in [9.17, 15) is 0 Å². The quantitative estimate of drug-likeness (QED) is 0.574. The van der Waals surface area contributed by atoms with E-state index in [1.165, 1.54) is 5.56 Å². The molecule has 0 saturated carbocycles. The Morgan fingerprint density at radius 1 is 1.22 bits per heavy atom. The van der Waals surface area contributed by atoms with Gasteiger partial charge in [-0.25, -0.2) is 4.99 Å². The van der Waals surface area contributed by atoms with Crippen LogP contribution < -0.4 is 11.1 Å². The SMILES string of the molecule is CCCNC(N)=NCc1ccc(COCC)cc1. The summed E-state index contributed by atoms with van der Waals surface area (Å²) in [6.45, 7) is 6.97. The number of nitrogens with one attached hydrogen (secondary N) is 1. The number of hydrogen-bond acceptors (Lipinski definition) is 2. The third-order valence-electron chi connectivity index (χ3n) is 2.48. The minimum atomic E-state index is 0.509. The molecule has 0 spiro atoms. The smallest absolute Gasteiger partial charge is 0.188 e. The van der Waals surface area contributed by atoms with Crippen LogP contribution in [-0.2, 0) is 17.9 Å². The number of aliphatic imine (C=N–C) groups is 1. The Bertz CT molecular complexity index is 360. The molecule has 0 aliphatic heterocycles. The lowest BCUT2D eigenvalue weighted by Crippen LogP contribution is -2.32. The summed E-state index contributed by atoms with van der Waals surface area (Å²) < 4.78 is 5.34. The van der Waals surface area contributed by atoms with Crippen molar-refractivity contribution in [3.8, 4) is 0 Å². The van der Waals surface area contributed by atoms with E-state index in [-0.39, 0.29) is 0 Å². The summed E-state index contributed by atoms with van der Waals surface area (Å²) in [5.74, 6) is 0.509. The summed E-state index contributed by atoms with van der Waals surface area (Å²) in [7, 11) is 0. The van der Waals surface area contributed by atoms with Crippen molar-refractivity contribution >= 4 is 5.96 Å². The van der Waals surface area contributed by atoms with Crippen LogP contribution in [0.25, 0.3) is 0 Å². The normalized spacial score (nSPS) is 11.6. The molecule has 0 saturated heterocycles. The van der Waals surface area contributed by atoms with Crippen molar-refractivity contribution in [1.29, 1.82) is 0 Å². The van der Waals surface area contributed by atoms with E-state index in [2.05, 4.69) is 41.5 Å². The predicted molar refractivity (Wildman–Crippen MR) is 75.4 cm³/mol. The minimum absolute atomic E-state index is 0.509. The van der Waals surface area contributed by atoms with Crippen LogP contribution in [0.5, 0.6) is 0 Å². The van der Waals surface area contributed by atoms with Crippen molar-refractivity contribution in [2.24, 2.45) is 10.7 Å². The number of benzene rings is 1. The largest absolute Gasteiger partial charge is 0.377 e. The van der Waals surface area contributed by atoms with Crippen molar-refractivity contribution < 1.29 is 4.74 Å². The average molecular weight is 249 g/mol. The van der Waals surface area contributed by atoms with Gasteiger partial charge in [0.25, 0.3) is 0 Å². The van der Waals surface area contributed by atoms with E-state index in [1.54, 1.807) is 0 Å². The molecule has 0 aromatic heterocycles. The Kier molecular flexibility index (Phi) is 6.87. The number of nitrogens with two attached hydrogens (primary N) is 1. The van der Waals surface area contributed by atoms with Crippen LogP contribution in [0.4, 0.5) is 0 Å². The summed E-state index contributed by atoms with van der Waals surface area (Å²) in [6.07, 6.45) is 1.04. The second-order valence-electron chi connectivity index (χ2n) is 4.08. The fourth-order valence-corrected chi connectivity index (χ4v) is 1.45. The molecule has 0 unspecified atom stereocenters. The predicted octanol–water partition coefficient (Wildman–Crippen LogP) is 2.04. The molecule has 1 aromatic carbocycles. The summed E-state index contributed by atoms with van der Waals surface area (Å²) in [4.78, 5) is 4.28. The van der Waals surface area contributed by atoms with Gasteiger partial charge in [-0.1, -0.05) is 31.2 Å². The molecule has 0 radical (unpaired) electrons. The Balaban J connectivity index is 2.43. The molecule has 18 heavy (non-hydrogen) atoms. The zero-order valence-corrected chi connectivity index (χ0v) is 11.3. The first kappa shape index (κ1) is 14.5. The highest BCUT2D eigenvalue weighted by atomic mass is 16.5. The van der Waals surface area contributed by atoms with Gasteiger partial charge in [0.1, 0.15) is 0 Å². The minimum Gasteiger partial charge on any atom is -0.377 e. The van der Waals surface area contributed by atoms with Crippen LogP contribution in [0, 0.1) is 0 Å². The van der Waals surface area contributed by atoms with E-state index in [1.807, 2.05) is 6.92 Å². The molecule has 0 atom stereocenters. The van der Waals surface area contributed by atoms with Gasteiger partial charge in [0.05, 0.1) is 13.2 Å². The van der Waals surface area contributed by atoms with Crippen molar-refractivity contribution in [3.63, 3.8) is 0 Å². The number of rotatable bonds is 7. The maximum atomic E-state index is 5.72. The zero-order chi connectivity index (χ0) is 13.2. The van der Waals surface area contributed by atoms with Crippen molar-refractivity contribution in [1.82, 2.24) is 5.32 Å². The maximum absolute atomic E-state index is 5.72. The third kappa shape index (κ3) is 5.68. The zero-order valence-electron chi connectivity index (χ0n) is 11.3. The molecule has 4 nitrogen and oxygen atoms in total. The average Bonchev–Trinajstić information content (AvgIpc) is 2.41. The van der Waals surface area contributed by atoms with Crippen LogP contribution in [0.3, 0.4) is 0 Å². The Labute approximate surface area is 109 Å². The molecular weight excluding hydrogens is 226 g/mol. The molecule has 3 N–H and O–H groups in total. The van der Waals surface area contributed by atoms with Gasteiger partial charge in [-0.3, -0.25) is 0 Å². The van der Waals surface area contributed by atoms with Gasteiger partial charge in [0.2, 0.25) is 0 Å². The third-order valence-corrected chi connectivity index (χ3v) is 2.48. The first-order valence-corrected chi connectivity index (χ1v) is 6.45. The molecule has 0 fully saturated rings. The van der Waals surface area contributed by atoms with Crippen molar-refractivity contribution in [2.45, 2.75) is 33.4 Å². The molecular formula is C14H23N3O. The lowest BCUT2D eigenvalue weighted by Gasteiger charge is -2.05. The van der Waals surface area contributed by atoms with Gasteiger partial charge < -0.3 is 15.8 Å². The van der Waals surface area contributed by atoms with E-state index in [4.69, 9.17) is 10.5 Å². The summed E-state index contributed by atoms with van der Waals surface area (Å²) in [5, 5.41) is 3.05. The Morgan fingerprint density at radius 3 is 2.50 bits per heavy atom. The number of nitrogens with zero attached hydrogens (tertiary/aromatic N) is 1.